The largest absolute Gasteiger partial charge is 0.335 e. The van der Waals surface area contributed by atoms with Gasteiger partial charge < -0.3 is 9.55 Å². The molecule has 0 bridgehead atoms. The normalized spacial score (nSPS) is 10.8. The molecule has 17 heavy (non-hydrogen) atoms. The molecule has 0 saturated carbocycles. The zero-order chi connectivity index (χ0) is 12.4. The second-order valence-electron chi connectivity index (χ2n) is 3.92. The van der Waals surface area contributed by atoms with Gasteiger partial charge in [-0.05, 0) is 43.3 Å². The van der Waals surface area contributed by atoms with Crippen molar-refractivity contribution < 1.29 is 0 Å². The molecule has 0 aliphatic heterocycles. The van der Waals surface area contributed by atoms with Crippen LogP contribution in [0.1, 0.15) is 11.3 Å². The number of H-pyrrole nitrogens is 1. The van der Waals surface area contributed by atoms with Crippen LogP contribution in [0.3, 0.4) is 0 Å². The topological polar surface area (TPSA) is 20.7 Å². The lowest BCUT2D eigenvalue weighted by molar-refractivity contribution is 0.686. The number of nitrogens with one attached hydrogen (secondary N) is 1. The molecule has 1 heterocycles. The third-order valence-electron chi connectivity index (χ3n) is 2.55. The number of nitrogens with zero attached hydrogens (tertiary/aromatic N) is 1. The van der Waals surface area contributed by atoms with Crippen molar-refractivity contribution in [3.63, 3.8) is 0 Å². The Balaban J connectivity index is 2.12. The number of aromatic nitrogens is 2. The fourth-order valence-corrected chi connectivity index (χ4v) is 2.50. The first-order valence-corrected chi connectivity index (χ1v) is 6.42. The van der Waals surface area contributed by atoms with Gasteiger partial charge in [0.05, 0.1) is 0 Å². The first-order chi connectivity index (χ1) is 8.06. The molecule has 1 aromatic carbocycles. The second kappa shape index (κ2) is 5.25. The minimum Gasteiger partial charge on any atom is -0.335 e. The highest BCUT2D eigenvalue weighted by Gasteiger charge is 2.03. The van der Waals surface area contributed by atoms with E-state index < -0.39 is 0 Å². The van der Waals surface area contributed by atoms with Crippen molar-refractivity contribution in [2.75, 3.05) is 0 Å². The fourth-order valence-electron chi connectivity index (χ4n) is 1.70. The number of hydrogen-bond acceptors (Lipinski definition) is 1. The summed E-state index contributed by atoms with van der Waals surface area (Å²) in [5, 5.41) is 1.36. The van der Waals surface area contributed by atoms with Crippen molar-refractivity contribution in [3.8, 4) is 0 Å². The molecule has 0 radical (unpaired) electrons. The Kier molecular flexibility index (Phi) is 3.92. The van der Waals surface area contributed by atoms with E-state index in [1.165, 1.54) is 0 Å². The predicted octanol–water partition coefficient (Wildman–Crippen LogP) is 4.40. The molecule has 0 aliphatic carbocycles. The van der Waals surface area contributed by atoms with Crippen LogP contribution >= 0.6 is 35.4 Å². The van der Waals surface area contributed by atoms with Gasteiger partial charge in [-0.1, -0.05) is 29.3 Å². The molecule has 0 spiro atoms. The van der Waals surface area contributed by atoms with Crippen LogP contribution in [-0.2, 0) is 13.0 Å². The number of imidazole rings is 1. The summed E-state index contributed by atoms with van der Waals surface area (Å²) in [5.74, 6) is 0. The SMILES string of the molecule is Cc1cn(CCc2ccc(Cl)cc2Cl)c(=S)[nH]1. The highest BCUT2D eigenvalue weighted by Crippen LogP contribution is 2.21. The zero-order valence-electron chi connectivity index (χ0n) is 9.34. The van der Waals surface area contributed by atoms with Crippen molar-refractivity contribution in [2.45, 2.75) is 19.9 Å². The summed E-state index contributed by atoms with van der Waals surface area (Å²) < 4.78 is 2.75. The van der Waals surface area contributed by atoms with Gasteiger partial charge in [-0.15, -0.1) is 0 Å². The number of hydrogen-bond donors (Lipinski definition) is 1. The number of benzene rings is 1. The van der Waals surface area contributed by atoms with Crippen LogP contribution in [0.5, 0.6) is 0 Å². The van der Waals surface area contributed by atoms with Crippen LogP contribution in [0.4, 0.5) is 0 Å². The highest BCUT2D eigenvalue weighted by atomic mass is 35.5. The van der Waals surface area contributed by atoms with E-state index in [-0.39, 0.29) is 0 Å². The minimum atomic E-state index is 0.660. The Morgan fingerprint density at radius 3 is 2.71 bits per heavy atom. The van der Waals surface area contributed by atoms with Gasteiger partial charge in [0.15, 0.2) is 4.77 Å². The van der Waals surface area contributed by atoms with Gasteiger partial charge in [0.1, 0.15) is 0 Å². The molecule has 0 atom stereocenters. The summed E-state index contributed by atoms with van der Waals surface area (Å²) in [6.07, 6.45) is 2.84. The first-order valence-electron chi connectivity index (χ1n) is 5.26. The Bertz CT molecular complexity index is 586. The lowest BCUT2D eigenvalue weighted by atomic mass is 10.1. The maximum atomic E-state index is 6.11. The van der Waals surface area contributed by atoms with Gasteiger partial charge in [-0.25, -0.2) is 0 Å². The van der Waals surface area contributed by atoms with E-state index in [4.69, 9.17) is 35.4 Å². The standard InChI is InChI=1S/C12H12Cl2N2S/c1-8-7-16(12(17)15-8)5-4-9-2-3-10(13)6-11(9)14/h2-3,6-7H,4-5H2,1H3,(H,15,17). The summed E-state index contributed by atoms with van der Waals surface area (Å²) >= 11 is 17.2. The third kappa shape index (κ3) is 3.12. The first kappa shape index (κ1) is 12.7. The molecule has 0 aliphatic rings. The van der Waals surface area contributed by atoms with Gasteiger partial charge in [0.2, 0.25) is 0 Å². The summed E-state index contributed by atoms with van der Waals surface area (Å²) in [5.41, 5.74) is 2.15. The van der Waals surface area contributed by atoms with Crippen LogP contribution in [0.25, 0.3) is 0 Å². The molecule has 1 aromatic heterocycles. The number of rotatable bonds is 3. The average molecular weight is 287 g/mol. The molecule has 0 unspecified atom stereocenters. The summed E-state index contributed by atoms with van der Waals surface area (Å²) in [6, 6.07) is 5.57. The molecular formula is C12H12Cl2N2S. The van der Waals surface area contributed by atoms with Crippen molar-refractivity contribution >= 4 is 35.4 Å². The number of halogens is 2. The maximum Gasteiger partial charge on any atom is 0.177 e. The molecule has 0 amide bonds. The van der Waals surface area contributed by atoms with E-state index in [9.17, 15) is 0 Å². The fraction of sp³-hybridized carbons (Fsp3) is 0.250. The number of aromatic amines is 1. The van der Waals surface area contributed by atoms with E-state index in [0.717, 1.165) is 29.0 Å². The lowest BCUT2D eigenvalue weighted by Gasteiger charge is -2.05. The van der Waals surface area contributed by atoms with Crippen LogP contribution in [0.2, 0.25) is 10.0 Å². The molecule has 5 heteroatoms. The van der Waals surface area contributed by atoms with Gasteiger partial charge in [0, 0.05) is 28.5 Å². The van der Waals surface area contributed by atoms with Crippen molar-refractivity contribution in [2.24, 2.45) is 0 Å². The Morgan fingerprint density at radius 1 is 1.35 bits per heavy atom. The smallest absolute Gasteiger partial charge is 0.177 e. The van der Waals surface area contributed by atoms with E-state index >= 15 is 0 Å². The maximum absolute atomic E-state index is 6.11. The van der Waals surface area contributed by atoms with E-state index in [1.54, 1.807) is 6.07 Å². The van der Waals surface area contributed by atoms with Crippen molar-refractivity contribution in [3.05, 3.63) is 50.5 Å². The van der Waals surface area contributed by atoms with E-state index in [0.29, 0.717) is 10.0 Å². The summed E-state index contributed by atoms with van der Waals surface area (Å²) in [7, 11) is 0. The summed E-state index contributed by atoms with van der Waals surface area (Å²) in [4.78, 5) is 3.09. The zero-order valence-corrected chi connectivity index (χ0v) is 11.7. The molecule has 0 saturated heterocycles. The lowest BCUT2D eigenvalue weighted by Crippen LogP contribution is -2.00. The van der Waals surface area contributed by atoms with Crippen molar-refractivity contribution in [1.29, 1.82) is 0 Å². The van der Waals surface area contributed by atoms with Crippen LogP contribution in [0, 0.1) is 11.7 Å². The van der Waals surface area contributed by atoms with Gasteiger partial charge >= 0.3 is 0 Å². The van der Waals surface area contributed by atoms with Crippen LogP contribution in [-0.4, -0.2) is 9.55 Å². The Labute approximate surface area is 115 Å². The predicted molar refractivity (Wildman–Crippen MR) is 74.5 cm³/mol. The third-order valence-corrected chi connectivity index (χ3v) is 3.48. The second-order valence-corrected chi connectivity index (χ2v) is 5.15. The Morgan fingerprint density at radius 2 is 2.12 bits per heavy atom. The quantitative estimate of drug-likeness (QED) is 0.830. The van der Waals surface area contributed by atoms with Gasteiger partial charge in [-0.3, -0.25) is 0 Å². The molecular weight excluding hydrogens is 275 g/mol. The molecule has 2 aromatic rings. The van der Waals surface area contributed by atoms with Crippen LogP contribution < -0.4 is 0 Å². The Hall–Kier alpha value is -0.770. The monoisotopic (exact) mass is 286 g/mol. The summed E-state index contributed by atoms with van der Waals surface area (Å²) in [6.45, 7) is 2.80. The van der Waals surface area contributed by atoms with E-state index in [2.05, 4.69) is 4.98 Å². The van der Waals surface area contributed by atoms with Crippen LogP contribution in [0.15, 0.2) is 24.4 Å². The number of aryl methyl sites for hydroxylation is 3. The van der Waals surface area contributed by atoms with Crippen molar-refractivity contribution in [1.82, 2.24) is 9.55 Å². The van der Waals surface area contributed by atoms with Gasteiger partial charge in [-0.2, -0.15) is 0 Å². The average Bonchev–Trinajstić information content (AvgIpc) is 2.56. The molecule has 1 N–H and O–H groups in total. The molecule has 2 nitrogen and oxygen atoms in total. The van der Waals surface area contributed by atoms with E-state index in [1.807, 2.05) is 29.8 Å². The minimum absolute atomic E-state index is 0.660. The molecule has 2 rings (SSSR count). The van der Waals surface area contributed by atoms with Gasteiger partial charge in [0.25, 0.3) is 0 Å². The molecule has 0 fully saturated rings. The highest BCUT2D eigenvalue weighted by molar-refractivity contribution is 7.71. The molecule has 90 valence electrons.